The number of fused-ring (bicyclic) bond motifs is 1. The molecule has 2 aromatic rings. The number of hydrogen-bond acceptors (Lipinski definition) is 1. The fourth-order valence-electron chi connectivity index (χ4n) is 2.07. The number of thiophene rings is 1. The molecular formula is C13H16S. The molecule has 0 spiro atoms. The van der Waals surface area contributed by atoms with Gasteiger partial charge in [-0.2, -0.15) is 0 Å². The molecule has 1 aromatic carbocycles. The standard InChI is InChI=1S/C13H16S/c1-8(2)12-9(3)5-6-11-7-10(4)14-13(11)12/h5-8H,1-4H3. The summed E-state index contributed by atoms with van der Waals surface area (Å²) in [5.41, 5.74) is 2.95. The summed E-state index contributed by atoms with van der Waals surface area (Å²) in [5.74, 6) is 0.622. The quantitative estimate of drug-likeness (QED) is 0.634. The second kappa shape index (κ2) is 3.39. The maximum atomic E-state index is 2.28. The first-order valence-corrected chi connectivity index (χ1v) is 5.91. The minimum atomic E-state index is 0.622. The molecule has 1 aromatic heterocycles. The van der Waals surface area contributed by atoms with Crippen LogP contribution in [0, 0.1) is 13.8 Å². The van der Waals surface area contributed by atoms with Crippen molar-refractivity contribution < 1.29 is 0 Å². The molecule has 0 radical (unpaired) electrons. The smallest absolute Gasteiger partial charge is 0.0382 e. The molecule has 0 unspecified atom stereocenters. The van der Waals surface area contributed by atoms with Gasteiger partial charge in [-0.3, -0.25) is 0 Å². The third kappa shape index (κ3) is 1.46. The van der Waals surface area contributed by atoms with Gasteiger partial charge in [0.05, 0.1) is 0 Å². The topological polar surface area (TPSA) is 0 Å². The average molecular weight is 204 g/mol. The zero-order valence-electron chi connectivity index (χ0n) is 9.22. The molecule has 0 nitrogen and oxygen atoms in total. The van der Waals surface area contributed by atoms with Crippen molar-refractivity contribution in [2.24, 2.45) is 0 Å². The lowest BCUT2D eigenvalue weighted by molar-refractivity contribution is 0.868. The first kappa shape index (κ1) is 9.72. The van der Waals surface area contributed by atoms with E-state index in [1.807, 2.05) is 11.3 Å². The van der Waals surface area contributed by atoms with Crippen LogP contribution in [0.2, 0.25) is 0 Å². The van der Waals surface area contributed by atoms with Crippen LogP contribution in [0.15, 0.2) is 18.2 Å². The summed E-state index contributed by atoms with van der Waals surface area (Å²) in [6.07, 6.45) is 0. The van der Waals surface area contributed by atoms with E-state index in [0.717, 1.165) is 0 Å². The SMILES string of the molecule is Cc1cc2ccc(C)c(C(C)C)c2s1. The monoisotopic (exact) mass is 204 g/mol. The second-order valence-electron chi connectivity index (χ2n) is 4.23. The zero-order chi connectivity index (χ0) is 10.3. The highest BCUT2D eigenvalue weighted by Gasteiger charge is 2.10. The van der Waals surface area contributed by atoms with Crippen LogP contribution in [0.1, 0.15) is 35.8 Å². The maximum Gasteiger partial charge on any atom is 0.0382 e. The first-order valence-electron chi connectivity index (χ1n) is 5.09. The van der Waals surface area contributed by atoms with Crippen LogP contribution in [0.3, 0.4) is 0 Å². The molecule has 0 saturated heterocycles. The highest BCUT2D eigenvalue weighted by molar-refractivity contribution is 7.19. The molecule has 0 amide bonds. The lowest BCUT2D eigenvalue weighted by Crippen LogP contribution is -1.91. The van der Waals surface area contributed by atoms with Crippen molar-refractivity contribution in [2.45, 2.75) is 33.6 Å². The van der Waals surface area contributed by atoms with Crippen LogP contribution < -0.4 is 0 Å². The molecule has 1 heteroatoms. The van der Waals surface area contributed by atoms with Crippen LogP contribution >= 0.6 is 11.3 Å². The first-order chi connectivity index (χ1) is 6.59. The van der Waals surface area contributed by atoms with Crippen molar-refractivity contribution in [3.8, 4) is 0 Å². The highest BCUT2D eigenvalue weighted by Crippen LogP contribution is 2.34. The van der Waals surface area contributed by atoms with E-state index in [9.17, 15) is 0 Å². The van der Waals surface area contributed by atoms with Gasteiger partial charge in [0, 0.05) is 9.58 Å². The third-order valence-corrected chi connectivity index (χ3v) is 3.74. The molecule has 0 aliphatic carbocycles. The Balaban J connectivity index is 2.82. The van der Waals surface area contributed by atoms with Gasteiger partial charge in [0.2, 0.25) is 0 Å². The van der Waals surface area contributed by atoms with Crippen molar-refractivity contribution in [3.05, 3.63) is 34.2 Å². The average Bonchev–Trinajstić information content (AvgIpc) is 2.43. The van der Waals surface area contributed by atoms with Crippen LogP contribution in [-0.4, -0.2) is 0 Å². The minimum Gasteiger partial charge on any atom is -0.140 e. The normalized spacial score (nSPS) is 11.5. The van der Waals surface area contributed by atoms with E-state index in [1.165, 1.54) is 26.1 Å². The number of hydrogen-bond donors (Lipinski definition) is 0. The third-order valence-electron chi connectivity index (χ3n) is 2.64. The Hall–Kier alpha value is -0.820. The second-order valence-corrected chi connectivity index (χ2v) is 5.48. The minimum absolute atomic E-state index is 0.622. The molecular weight excluding hydrogens is 188 g/mol. The van der Waals surface area contributed by atoms with E-state index in [0.29, 0.717) is 5.92 Å². The van der Waals surface area contributed by atoms with Gasteiger partial charge >= 0.3 is 0 Å². The molecule has 0 aliphatic rings. The summed E-state index contributed by atoms with van der Waals surface area (Å²) < 4.78 is 1.48. The van der Waals surface area contributed by atoms with Crippen molar-refractivity contribution in [1.82, 2.24) is 0 Å². The Labute approximate surface area is 89.6 Å². The van der Waals surface area contributed by atoms with Crippen molar-refractivity contribution in [2.75, 3.05) is 0 Å². The summed E-state index contributed by atoms with van der Waals surface area (Å²) in [6.45, 7) is 8.95. The van der Waals surface area contributed by atoms with Gasteiger partial charge in [-0.05, 0) is 42.3 Å². The van der Waals surface area contributed by atoms with Crippen molar-refractivity contribution in [3.63, 3.8) is 0 Å². The summed E-state index contributed by atoms with van der Waals surface area (Å²) in [5, 5.41) is 1.40. The van der Waals surface area contributed by atoms with E-state index in [2.05, 4.69) is 45.9 Å². The van der Waals surface area contributed by atoms with Gasteiger partial charge in [0.25, 0.3) is 0 Å². The molecule has 2 rings (SSSR count). The van der Waals surface area contributed by atoms with E-state index in [1.54, 1.807) is 0 Å². The van der Waals surface area contributed by atoms with Gasteiger partial charge in [0.15, 0.2) is 0 Å². The predicted molar refractivity (Wildman–Crippen MR) is 65.4 cm³/mol. The molecule has 14 heavy (non-hydrogen) atoms. The van der Waals surface area contributed by atoms with Gasteiger partial charge in [0.1, 0.15) is 0 Å². The lowest BCUT2D eigenvalue weighted by Gasteiger charge is -2.10. The predicted octanol–water partition coefficient (Wildman–Crippen LogP) is 4.64. The zero-order valence-corrected chi connectivity index (χ0v) is 10.0. The molecule has 74 valence electrons. The Morgan fingerprint density at radius 3 is 2.50 bits per heavy atom. The lowest BCUT2D eigenvalue weighted by atomic mass is 9.97. The van der Waals surface area contributed by atoms with E-state index in [-0.39, 0.29) is 0 Å². The highest BCUT2D eigenvalue weighted by atomic mass is 32.1. The molecule has 0 bridgehead atoms. The van der Waals surface area contributed by atoms with Crippen LogP contribution in [0.25, 0.3) is 10.1 Å². The van der Waals surface area contributed by atoms with E-state index in [4.69, 9.17) is 0 Å². The molecule has 0 fully saturated rings. The summed E-state index contributed by atoms with van der Waals surface area (Å²) in [6, 6.07) is 6.76. The molecule has 1 heterocycles. The largest absolute Gasteiger partial charge is 0.140 e. The van der Waals surface area contributed by atoms with Crippen LogP contribution in [-0.2, 0) is 0 Å². The van der Waals surface area contributed by atoms with Gasteiger partial charge < -0.3 is 0 Å². The van der Waals surface area contributed by atoms with Crippen LogP contribution in [0.4, 0.5) is 0 Å². The van der Waals surface area contributed by atoms with Crippen LogP contribution in [0.5, 0.6) is 0 Å². The molecule has 0 atom stereocenters. The molecule has 0 N–H and O–H groups in total. The van der Waals surface area contributed by atoms with E-state index < -0.39 is 0 Å². The maximum absolute atomic E-state index is 2.28. The van der Waals surface area contributed by atoms with E-state index >= 15 is 0 Å². The van der Waals surface area contributed by atoms with Gasteiger partial charge in [-0.25, -0.2) is 0 Å². The fourth-order valence-corrected chi connectivity index (χ4v) is 3.33. The Kier molecular flexibility index (Phi) is 2.36. The number of rotatable bonds is 1. The van der Waals surface area contributed by atoms with Gasteiger partial charge in [-0.1, -0.05) is 26.0 Å². The Bertz CT molecular complexity index is 463. The summed E-state index contributed by atoms with van der Waals surface area (Å²) >= 11 is 1.92. The summed E-state index contributed by atoms with van der Waals surface area (Å²) in [4.78, 5) is 1.41. The van der Waals surface area contributed by atoms with Crippen molar-refractivity contribution in [1.29, 1.82) is 0 Å². The summed E-state index contributed by atoms with van der Waals surface area (Å²) in [7, 11) is 0. The van der Waals surface area contributed by atoms with Crippen molar-refractivity contribution >= 4 is 21.4 Å². The Morgan fingerprint density at radius 2 is 1.86 bits per heavy atom. The Morgan fingerprint density at radius 1 is 1.14 bits per heavy atom. The fraction of sp³-hybridized carbons (Fsp3) is 0.385. The molecule has 0 aliphatic heterocycles. The van der Waals surface area contributed by atoms with Gasteiger partial charge in [-0.15, -0.1) is 11.3 Å². The molecule has 0 saturated carbocycles. The number of benzene rings is 1. The number of aryl methyl sites for hydroxylation is 2.